The fraction of sp³-hybridized carbons (Fsp3) is 0.125. The average molecular weight is 300 g/mol. The topological polar surface area (TPSA) is 60.9 Å². The Balaban J connectivity index is 1.92. The highest BCUT2D eigenvalue weighted by Crippen LogP contribution is 2.21. The summed E-state index contributed by atoms with van der Waals surface area (Å²) in [5.74, 6) is 0.700. The van der Waals surface area contributed by atoms with E-state index in [1.165, 1.54) is 0 Å². The van der Waals surface area contributed by atoms with Gasteiger partial charge in [-0.3, -0.25) is 4.79 Å². The van der Waals surface area contributed by atoms with Crippen molar-refractivity contribution in [1.82, 2.24) is 9.55 Å². The number of benzene rings is 2. The van der Waals surface area contributed by atoms with Gasteiger partial charge in [0.05, 0.1) is 28.2 Å². The molecule has 0 spiro atoms. The number of hydrogen-bond donors (Lipinski definition) is 1. The van der Waals surface area contributed by atoms with Crippen LogP contribution in [0.15, 0.2) is 42.5 Å². The number of carbonyl (C=O) groups excluding carboxylic acids is 1. The summed E-state index contributed by atoms with van der Waals surface area (Å²) in [6.45, 7) is 0. The van der Waals surface area contributed by atoms with Gasteiger partial charge in [-0.25, -0.2) is 4.98 Å². The highest BCUT2D eigenvalue weighted by atomic mass is 35.5. The Morgan fingerprint density at radius 2 is 2.05 bits per heavy atom. The summed E-state index contributed by atoms with van der Waals surface area (Å²) in [4.78, 5) is 16.9. The number of aromatic nitrogens is 2. The number of fused-ring (bicyclic) bond motifs is 1. The molecule has 0 aliphatic heterocycles. The Morgan fingerprint density at radius 3 is 2.76 bits per heavy atom. The number of nitrogens with zero attached hydrogens (tertiary/aromatic N) is 2. The fourth-order valence-electron chi connectivity index (χ4n) is 2.32. The van der Waals surface area contributed by atoms with Gasteiger partial charge in [-0.05, 0) is 30.3 Å². The lowest BCUT2D eigenvalue weighted by Crippen LogP contribution is -2.08. The average Bonchev–Trinajstić information content (AvgIpc) is 2.79. The minimum atomic E-state index is -0.0308. The number of nitrogen functional groups attached to an aromatic ring is 1. The molecule has 5 heteroatoms. The molecular weight excluding hydrogens is 286 g/mol. The monoisotopic (exact) mass is 299 g/mol. The molecule has 0 fully saturated rings. The second kappa shape index (κ2) is 5.22. The summed E-state index contributed by atoms with van der Waals surface area (Å²) >= 11 is 5.87. The Hall–Kier alpha value is -2.33. The molecule has 0 amide bonds. The Bertz CT molecular complexity index is 839. The molecule has 21 heavy (non-hydrogen) atoms. The standard InChI is InChI=1S/C16H14ClN3O/c1-20-14-5-3-2-4-13(14)19-16(20)9-15(21)10-6-7-11(17)12(18)8-10/h2-8H,9,18H2,1H3. The predicted octanol–water partition coefficient (Wildman–Crippen LogP) is 3.23. The number of Topliss-reactive ketones (excluding diaryl/α,β-unsaturated/α-hetero) is 1. The first kappa shape index (κ1) is 13.6. The zero-order valence-electron chi connectivity index (χ0n) is 11.5. The molecule has 0 bridgehead atoms. The van der Waals surface area contributed by atoms with Gasteiger partial charge in [0.1, 0.15) is 5.82 Å². The Kier molecular flexibility index (Phi) is 3.39. The fourth-order valence-corrected chi connectivity index (χ4v) is 2.43. The molecule has 0 saturated heterocycles. The van der Waals surface area contributed by atoms with Gasteiger partial charge in [0.15, 0.2) is 5.78 Å². The molecule has 1 aromatic heterocycles. The van der Waals surface area contributed by atoms with Crippen molar-refractivity contribution in [3.8, 4) is 0 Å². The van der Waals surface area contributed by atoms with Crippen molar-refractivity contribution in [2.45, 2.75) is 6.42 Å². The highest BCUT2D eigenvalue weighted by molar-refractivity contribution is 6.33. The van der Waals surface area contributed by atoms with Crippen LogP contribution in [-0.4, -0.2) is 15.3 Å². The molecule has 2 N–H and O–H groups in total. The molecule has 2 aromatic carbocycles. The first-order valence-electron chi connectivity index (χ1n) is 6.55. The maximum Gasteiger partial charge on any atom is 0.170 e. The zero-order valence-corrected chi connectivity index (χ0v) is 12.3. The molecular formula is C16H14ClN3O. The van der Waals surface area contributed by atoms with Gasteiger partial charge in [0, 0.05) is 12.6 Å². The van der Waals surface area contributed by atoms with E-state index in [1.54, 1.807) is 18.2 Å². The van der Waals surface area contributed by atoms with Gasteiger partial charge in [-0.15, -0.1) is 0 Å². The van der Waals surface area contributed by atoms with Crippen molar-refractivity contribution in [3.63, 3.8) is 0 Å². The zero-order chi connectivity index (χ0) is 15.0. The first-order valence-corrected chi connectivity index (χ1v) is 6.92. The van der Waals surface area contributed by atoms with E-state index in [0.717, 1.165) is 16.9 Å². The first-order chi connectivity index (χ1) is 10.1. The summed E-state index contributed by atoms with van der Waals surface area (Å²) in [7, 11) is 1.91. The molecule has 106 valence electrons. The second-order valence-electron chi connectivity index (χ2n) is 4.91. The van der Waals surface area contributed by atoms with Gasteiger partial charge < -0.3 is 10.3 Å². The molecule has 0 aliphatic carbocycles. The third-order valence-corrected chi connectivity index (χ3v) is 3.86. The minimum Gasteiger partial charge on any atom is -0.398 e. The Morgan fingerprint density at radius 1 is 1.29 bits per heavy atom. The van der Waals surface area contributed by atoms with Crippen molar-refractivity contribution in [3.05, 3.63) is 58.9 Å². The van der Waals surface area contributed by atoms with Crippen LogP contribution in [0.5, 0.6) is 0 Å². The van der Waals surface area contributed by atoms with Gasteiger partial charge >= 0.3 is 0 Å². The number of para-hydroxylation sites is 2. The number of hydrogen-bond acceptors (Lipinski definition) is 3. The SMILES string of the molecule is Cn1c(CC(=O)c2ccc(Cl)c(N)c2)nc2ccccc21. The summed E-state index contributed by atoms with van der Waals surface area (Å²) in [5, 5.41) is 0.453. The van der Waals surface area contributed by atoms with Crippen LogP contribution in [0.4, 0.5) is 5.69 Å². The summed E-state index contributed by atoms with van der Waals surface area (Å²) in [6, 6.07) is 12.7. The number of imidazole rings is 1. The third kappa shape index (κ3) is 2.50. The second-order valence-corrected chi connectivity index (χ2v) is 5.32. The number of halogens is 1. The van der Waals surface area contributed by atoms with Gasteiger partial charge in [0.25, 0.3) is 0 Å². The summed E-state index contributed by atoms with van der Waals surface area (Å²) in [6.07, 6.45) is 0.228. The van der Waals surface area contributed by atoms with Crippen molar-refractivity contribution >= 4 is 34.1 Å². The van der Waals surface area contributed by atoms with Crippen LogP contribution in [0.25, 0.3) is 11.0 Å². The van der Waals surface area contributed by atoms with Crippen molar-refractivity contribution in [2.75, 3.05) is 5.73 Å². The molecule has 1 heterocycles. The Labute approximate surface area is 127 Å². The molecule has 0 atom stereocenters. The van der Waals surface area contributed by atoms with Gasteiger partial charge in [-0.2, -0.15) is 0 Å². The van der Waals surface area contributed by atoms with Crippen LogP contribution in [0.2, 0.25) is 5.02 Å². The predicted molar refractivity (Wildman–Crippen MR) is 84.6 cm³/mol. The van der Waals surface area contributed by atoms with Crippen molar-refractivity contribution < 1.29 is 4.79 Å². The largest absolute Gasteiger partial charge is 0.398 e. The molecule has 3 rings (SSSR count). The highest BCUT2D eigenvalue weighted by Gasteiger charge is 2.14. The van der Waals surface area contributed by atoms with Crippen molar-refractivity contribution in [1.29, 1.82) is 0 Å². The molecule has 4 nitrogen and oxygen atoms in total. The third-order valence-electron chi connectivity index (χ3n) is 3.52. The van der Waals surface area contributed by atoms with Crippen LogP contribution < -0.4 is 5.73 Å². The van der Waals surface area contributed by atoms with E-state index >= 15 is 0 Å². The number of rotatable bonds is 3. The lowest BCUT2D eigenvalue weighted by Gasteiger charge is -2.04. The minimum absolute atomic E-state index is 0.0308. The van der Waals surface area contributed by atoms with E-state index in [9.17, 15) is 4.79 Å². The molecule has 0 unspecified atom stereocenters. The molecule has 3 aromatic rings. The molecule has 0 radical (unpaired) electrons. The molecule has 0 saturated carbocycles. The van der Waals surface area contributed by atoms with Gasteiger partial charge in [-0.1, -0.05) is 23.7 Å². The number of aryl methyl sites for hydroxylation is 1. The van der Waals surface area contributed by atoms with Crippen LogP contribution in [0, 0.1) is 0 Å². The summed E-state index contributed by atoms with van der Waals surface area (Å²) < 4.78 is 1.94. The number of anilines is 1. The maximum absolute atomic E-state index is 12.4. The number of carbonyl (C=O) groups is 1. The number of ketones is 1. The smallest absolute Gasteiger partial charge is 0.170 e. The van der Waals surface area contributed by atoms with E-state index in [1.807, 2.05) is 35.9 Å². The quantitative estimate of drug-likeness (QED) is 0.596. The van der Waals surface area contributed by atoms with E-state index in [0.29, 0.717) is 16.3 Å². The molecule has 0 aliphatic rings. The van der Waals surface area contributed by atoms with E-state index < -0.39 is 0 Å². The van der Waals surface area contributed by atoms with E-state index in [2.05, 4.69) is 4.98 Å². The maximum atomic E-state index is 12.4. The van der Waals surface area contributed by atoms with Crippen LogP contribution in [0.1, 0.15) is 16.2 Å². The van der Waals surface area contributed by atoms with E-state index in [4.69, 9.17) is 17.3 Å². The van der Waals surface area contributed by atoms with Crippen molar-refractivity contribution in [2.24, 2.45) is 7.05 Å². The van der Waals surface area contributed by atoms with E-state index in [-0.39, 0.29) is 12.2 Å². The normalized spacial score (nSPS) is 11.0. The summed E-state index contributed by atoms with van der Waals surface area (Å²) in [5.41, 5.74) is 8.59. The lowest BCUT2D eigenvalue weighted by atomic mass is 10.1. The van der Waals surface area contributed by atoms with Gasteiger partial charge in [0.2, 0.25) is 0 Å². The lowest BCUT2D eigenvalue weighted by molar-refractivity contribution is 0.0990. The van der Waals surface area contributed by atoms with Crippen LogP contribution in [-0.2, 0) is 13.5 Å². The van der Waals surface area contributed by atoms with Crippen LogP contribution >= 0.6 is 11.6 Å². The number of nitrogens with two attached hydrogens (primary N) is 1. The van der Waals surface area contributed by atoms with Crippen LogP contribution in [0.3, 0.4) is 0 Å².